The first kappa shape index (κ1) is 21.1. The predicted octanol–water partition coefficient (Wildman–Crippen LogP) is 5.14. The van der Waals surface area contributed by atoms with Crippen LogP contribution in [0.1, 0.15) is 40.2 Å². The molecular weight excluding hydrogens is 410 g/mol. The largest absolute Gasteiger partial charge is 0.416 e. The highest BCUT2D eigenvalue weighted by Crippen LogP contribution is 2.31. The van der Waals surface area contributed by atoms with Gasteiger partial charge in [-0.1, -0.05) is 24.3 Å². The van der Waals surface area contributed by atoms with Gasteiger partial charge in [0.05, 0.1) is 17.7 Å². The Labute approximate surface area is 177 Å². The molecule has 1 amide bonds. The van der Waals surface area contributed by atoms with E-state index in [4.69, 9.17) is 0 Å². The van der Waals surface area contributed by atoms with Gasteiger partial charge in [0.2, 0.25) is 0 Å². The smallest absolute Gasteiger partial charge is 0.331 e. The fourth-order valence-corrected chi connectivity index (χ4v) is 3.49. The second kappa shape index (κ2) is 8.53. The fraction of sp³-hybridized carbons (Fsp3) is 0.304. The van der Waals surface area contributed by atoms with Crippen LogP contribution in [0.2, 0.25) is 0 Å². The van der Waals surface area contributed by atoms with Gasteiger partial charge in [0.1, 0.15) is 11.6 Å². The lowest BCUT2D eigenvalue weighted by Gasteiger charge is -2.23. The topological polar surface area (TPSA) is 38.1 Å². The zero-order chi connectivity index (χ0) is 22.0. The summed E-state index contributed by atoms with van der Waals surface area (Å²) in [4.78, 5) is 18.9. The molecule has 8 heteroatoms. The molecule has 0 spiro atoms. The first-order chi connectivity index (χ1) is 14.8. The van der Waals surface area contributed by atoms with E-state index in [1.54, 1.807) is 34.0 Å². The minimum Gasteiger partial charge on any atom is -0.331 e. The van der Waals surface area contributed by atoms with Crippen LogP contribution in [-0.4, -0.2) is 26.9 Å². The quantitative estimate of drug-likeness (QED) is 0.486. The Kier molecular flexibility index (Phi) is 5.80. The van der Waals surface area contributed by atoms with Crippen LogP contribution in [0.25, 0.3) is 0 Å². The Hall–Kier alpha value is -3.16. The van der Waals surface area contributed by atoms with Gasteiger partial charge in [-0.3, -0.25) is 4.79 Å². The van der Waals surface area contributed by atoms with Crippen LogP contribution in [0, 0.1) is 11.7 Å². The van der Waals surface area contributed by atoms with E-state index < -0.39 is 23.5 Å². The highest BCUT2D eigenvalue weighted by atomic mass is 19.4. The maximum Gasteiger partial charge on any atom is 0.416 e. The summed E-state index contributed by atoms with van der Waals surface area (Å²) in [6.45, 7) is 0.823. The van der Waals surface area contributed by atoms with E-state index in [0.29, 0.717) is 23.9 Å². The van der Waals surface area contributed by atoms with E-state index in [2.05, 4.69) is 4.98 Å². The number of carbonyl (C=O) groups excluding carboxylic acids is 1. The number of rotatable bonds is 7. The van der Waals surface area contributed by atoms with Crippen molar-refractivity contribution in [2.75, 3.05) is 6.54 Å². The molecule has 0 atom stereocenters. The highest BCUT2D eigenvalue weighted by molar-refractivity contribution is 5.94. The molecule has 0 aliphatic heterocycles. The van der Waals surface area contributed by atoms with Crippen molar-refractivity contribution in [2.24, 2.45) is 5.92 Å². The third-order valence-corrected chi connectivity index (χ3v) is 5.31. The molecule has 0 radical (unpaired) electrons. The van der Waals surface area contributed by atoms with Crippen molar-refractivity contribution in [3.63, 3.8) is 0 Å². The van der Waals surface area contributed by atoms with Crippen LogP contribution in [0.15, 0.2) is 60.9 Å². The van der Waals surface area contributed by atoms with Crippen LogP contribution in [0.3, 0.4) is 0 Å². The van der Waals surface area contributed by atoms with E-state index in [1.165, 1.54) is 24.3 Å². The molecular formula is C23H21F4N3O. The van der Waals surface area contributed by atoms with Crippen LogP contribution < -0.4 is 0 Å². The maximum absolute atomic E-state index is 14.2. The van der Waals surface area contributed by atoms with E-state index in [9.17, 15) is 22.4 Å². The minimum absolute atomic E-state index is 0.000801. The van der Waals surface area contributed by atoms with Gasteiger partial charge in [-0.15, -0.1) is 0 Å². The second-order valence-corrected chi connectivity index (χ2v) is 7.78. The number of alkyl halides is 3. The van der Waals surface area contributed by atoms with Crippen LogP contribution in [-0.2, 0) is 19.3 Å². The summed E-state index contributed by atoms with van der Waals surface area (Å²) >= 11 is 0. The van der Waals surface area contributed by atoms with Gasteiger partial charge >= 0.3 is 6.18 Å². The maximum atomic E-state index is 14.2. The summed E-state index contributed by atoms with van der Waals surface area (Å²) in [7, 11) is 0. The number of benzene rings is 2. The summed E-state index contributed by atoms with van der Waals surface area (Å²) < 4.78 is 54.9. The highest BCUT2D eigenvalue weighted by Gasteiger charge is 2.31. The summed E-state index contributed by atoms with van der Waals surface area (Å²) in [6.07, 6.45) is 0.824. The molecule has 0 saturated heterocycles. The number of halogens is 4. The van der Waals surface area contributed by atoms with Gasteiger partial charge in [-0.05, 0) is 48.6 Å². The van der Waals surface area contributed by atoms with E-state index in [0.717, 1.165) is 25.0 Å². The van der Waals surface area contributed by atoms with Gasteiger partial charge < -0.3 is 9.47 Å². The number of imidazole rings is 1. The third-order valence-electron chi connectivity index (χ3n) is 5.31. The Morgan fingerprint density at radius 2 is 1.90 bits per heavy atom. The Balaban J connectivity index is 1.55. The molecule has 3 aromatic rings. The molecule has 1 aliphatic carbocycles. The van der Waals surface area contributed by atoms with Crippen molar-refractivity contribution in [2.45, 2.75) is 32.1 Å². The zero-order valence-electron chi connectivity index (χ0n) is 16.6. The number of carbonyl (C=O) groups is 1. The van der Waals surface area contributed by atoms with Crippen LogP contribution >= 0.6 is 0 Å². The number of hydrogen-bond acceptors (Lipinski definition) is 2. The zero-order valence-corrected chi connectivity index (χ0v) is 16.6. The van der Waals surface area contributed by atoms with Crippen molar-refractivity contribution in [1.82, 2.24) is 14.5 Å². The first-order valence-electron chi connectivity index (χ1n) is 10.0. The molecule has 31 heavy (non-hydrogen) atoms. The lowest BCUT2D eigenvalue weighted by Crippen LogP contribution is -2.34. The third kappa shape index (κ3) is 5.13. The standard InChI is InChI=1S/C23H21F4N3O/c24-20-7-2-1-6-19(20)22(31)30(13-16-8-9-16)15-21-28-10-11-29(21)14-17-4-3-5-18(12-17)23(25,26)27/h1-7,10-12,16H,8-9,13-15H2. The van der Waals surface area contributed by atoms with Crippen molar-refractivity contribution >= 4 is 5.91 Å². The number of nitrogens with zero attached hydrogens (tertiary/aromatic N) is 3. The van der Waals surface area contributed by atoms with E-state index >= 15 is 0 Å². The Morgan fingerprint density at radius 1 is 1.13 bits per heavy atom. The van der Waals surface area contributed by atoms with Gasteiger partial charge in [0, 0.05) is 25.5 Å². The van der Waals surface area contributed by atoms with Crippen molar-refractivity contribution in [1.29, 1.82) is 0 Å². The average Bonchev–Trinajstić information content (AvgIpc) is 3.45. The number of amides is 1. The molecule has 1 aromatic heterocycles. The SMILES string of the molecule is O=C(c1ccccc1F)N(Cc1nccn1Cc1cccc(C(F)(F)F)c1)CC1CC1. The molecule has 1 fully saturated rings. The average molecular weight is 431 g/mol. The Bertz CT molecular complexity index is 1070. The van der Waals surface area contributed by atoms with Crippen LogP contribution in [0.5, 0.6) is 0 Å². The van der Waals surface area contributed by atoms with E-state index in [1.807, 2.05) is 0 Å². The van der Waals surface area contributed by atoms with Gasteiger partial charge in [0.15, 0.2) is 0 Å². The van der Waals surface area contributed by atoms with Gasteiger partial charge in [-0.2, -0.15) is 13.2 Å². The second-order valence-electron chi connectivity index (χ2n) is 7.78. The Morgan fingerprint density at radius 3 is 2.61 bits per heavy atom. The number of hydrogen-bond donors (Lipinski definition) is 0. The molecule has 1 saturated carbocycles. The lowest BCUT2D eigenvalue weighted by atomic mass is 10.1. The van der Waals surface area contributed by atoms with Crippen LogP contribution in [0.4, 0.5) is 17.6 Å². The molecule has 4 nitrogen and oxygen atoms in total. The number of aromatic nitrogens is 2. The predicted molar refractivity (Wildman–Crippen MR) is 107 cm³/mol. The summed E-state index contributed by atoms with van der Waals surface area (Å²) in [5.74, 6) is -0.0930. The monoisotopic (exact) mass is 431 g/mol. The summed E-state index contributed by atoms with van der Waals surface area (Å²) in [5.41, 5.74) is -0.237. The molecule has 0 N–H and O–H groups in total. The molecule has 2 aromatic carbocycles. The van der Waals surface area contributed by atoms with Crippen molar-refractivity contribution < 1.29 is 22.4 Å². The van der Waals surface area contributed by atoms with Gasteiger partial charge in [0.25, 0.3) is 5.91 Å². The summed E-state index contributed by atoms with van der Waals surface area (Å²) in [5, 5.41) is 0. The molecule has 0 unspecified atom stereocenters. The molecule has 1 heterocycles. The molecule has 0 bridgehead atoms. The van der Waals surface area contributed by atoms with Crippen molar-refractivity contribution in [3.8, 4) is 0 Å². The fourth-order valence-electron chi connectivity index (χ4n) is 3.49. The van der Waals surface area contributed by atoms with Gasteiger partial charge in [-0.25, -0.2) is 9.37 Å². The summed E-state index contributed by atoms with van der Waals surface area (Å²) in [6, 6.07) is 11.0. The lowest BCUT2D eigenvalue weighted by molar-refractivity contribution is -0.137. The first-order valence-corrected chi connectivity index (χ1v) is 10.0. The minimum atomic E-state index is -4.42. The molecule has 162 valence electrons. The molecule has 1 aliphatic rings. The van der Waals surface area contributed by atoms with Crippen molar-refractivity contribution in [3.05, 3.63) is 89.3 Å². The van der Waals surface area contributed by atoms with E-state index in [-0.39, 0.29) is 18.7 Å². The molecule has 4 rings (SSSR count). The normalized spacial score (nSPS) is 13.9.